The average molecular weight is 403 g/mol. The van der Waals surface area contributed by atoms with Gasteiger partial charge < -0.3 is 19.6 Å². The highest BCUT2D eigenvalue weighted by atomic mass is 16.6. The molecule has 1 heterocycles. The van der Waals surface area contributed by atoms with Gasteiger partial charge in [0, 0.05) is 50.3 Å². The summed E-state index contributed by atoms with van der Waals surface area (Å²) in [7, 11) is 1.71. The molecule has 1 saturated heterocycles. The Kier molecular flexibility index (Phi) is 5.75. The van der Waals surface area contributed by atoms with Crippen molar-refractivity contribution in [2.24, 2.45) is 0 Å². The summed E-state index contributed by atoms with van der Waals surface area (Å²) in [6.45, 7) is 3.64. The first-order valence-corrected chi connectivity index (χ1v) is 10.00. The fourth-order valence-corrected chi connectivity index (χ4v) is 3.54. The maximum Gasteiger partial charge on any atom is 0.419 e. The van der Waals surface area contributed by atoms with Crippen LogP contribution in [-0.2, 0) is 0 Å². The molecule has 0 aromatic heterocycles. The summed E-state index contributed by atoms with van der Waals surface area (Å²) in [4.78, 5) is 18.5. The molecule has 1 fully saturated rings. The topological polar surface area (TPSA) is 56.2 Å². The van der Waals surface area contributed by atoms with E-state index in [1.165, 1.54) is 4.90 Å². The number of amides is 1. The molecule has 3 aromatic rings. The molecular weight excluding hydrogens is 378 g/mol. The molecule has 6 nitrogen and oxygen atoms in total. The summed E-state index contributed by atoms with van der Waals surface area (Å²) >= 11 is 0. The molecule has 0 spiro atoms. The van der Waals surface area contributed by atoms with Crippen molar-refractivity contribution in [2.75, 3.05) is 47.9 Å². The van der Waals surface area contributed by atoms with Gasteiger partial charge in [-0.25, -0.2) is 4.79 Å². The van der Waals surface area contributed by atoms with E-state index in [0.29, 0.717) is 5.75 Å². The fourth-order valence-electron chi connectivity index (χ4n) is 3.54. The molecule has 1 aliphatic heterocycles. The number of anilines is 3. The molecular formula is C24H25N3O3. The van der Waals surface area contributed by atoms with E-state index in [1.54, 1.807) is 31.3 Å². The van der Waals surface area contributed by atoms with Gasteiger partial charge in [0.25, 0.3) is 0 Å². The van der Waals surface area contributed by atoms with Crippen LogP contribution in [0.5, 0.6) is 11.5 Å². The molecule has 0 bridgehead atoms. The van der Waals surface area contributed by atoms with Crippen LogP contribution in [0.15, 0.2) is 78.9 Å². The molecule has 0 aliphatic carbocycles. The first-order valence-electron chi connectivity index (χ1n) is 10.00. The molecule has 1 aliphatic rings. The number of carbonyl (C=O) groups excluding carboxylic acids is 1. The summed E-state index contributed by atoms with van der Waals surface area (Å²) < 4.78 is 5.39. The van der Waals surface area contributed by atoms with Crippen molar-refractivity contribution in [3.05, 3.63) is 78.9 Å². The lowest BCUT2D eigenvalue weighted by molar-refractivity contribution is 0.209. The first-order chi connectivity index (χ1) is 14.6. The third-order valence-corrected chi connectivity index (χ3v) is 5.32. The quantitative estimate of drug-likeness (QED) is 0.702. The summed E-state index contributed by atoms with van der Waals surface area (Å²) in [5, 5.41) is 9.46. The number of para-hydroxylation sites is 1. The van der Waals surface area contributed by atoms with Crippen molar-refractivity contribution in [1.29, 1.82) is 0 Å². The highest BCUT2D eigenvalue weighted by molar-refractivity contribution is 5.88. The molecule has 6 heteroatoms. The number of rotatable bonds is 4. The molecule has 0 radical (unpaired) electrons. The van der Waals surface area contributed by atoms with Crippen LogP contribution >= 0.6 is 0 Å². The predicted molar refractivity (Wildman–Crippen MR) is 120 cm³/mol. The Morgan fingerprint density at radius 2 is 1.30 bits per heavy atom. The Morgan fingerprint density at radius 3 is 1.83 bits per heavy atom. The molecule has 0 atom stereocenters. The molecule has 0 saturated carbocycles. The first kappa shape index (κ1) is 19.6. The lowest BCUT2D eigenvalue weighted by atomic mass is 10.2. The van der Waals surface area contributed by atoms with Crippen LogP contribution in [0.3, 0.4) is 0 Å². The van der Waals surface area contributed by atoms with Gasteiger partial charge in [0.2, 0.25) is 0 Å². The molecule has 4 rings (SSSR count). The van der Waals surface area contributed by atoms with Crippen molar-refractivity contribution in [2.45, 2.75) is 0 Å². The predicted octanol–water partition coefficient (Wildman–Crippen LogP) is 4.35. The van der Waals surface area contributed by atoms with Gasteiger partial charge in [0.1, 0.15) is 11.5 Å². The van der Waals surface area contributed by atoms with Gasteiger partial charge in [-0.2, -0.15) is 0 Å². The van der Waals surface area contributed by atoms with Crippen molar-refractivity contribution >= 4 is 23.2 Å². The van der Waals surface area contributed by atoms with Crippen LogP contribution in [-0.4, -0.2) is 44.4 Å². The monoisotopic (exact) mass is 403 g/mol. The number of hydrogen-bond acceptors (Lipinski definition) is 5. The van der Waals surface area contributed by atoms with Crippen LogP contribution in [0.4, 0.5) is 21.9 Å². The summed E-state index contributed by atoms with van der Waals surface area (Å²) in [6, 6.07) is 24.4. The van der Waals surface area contributed by atoms with Gasteiger partial charge in [-0.3, -0.25) is 4.90 Å². The van der Waals surface area contributed by atoms with E-state index in [2.05, 4.69) is 9.80 Å². The second kappa shape index (κ2) is 8.78. The minimum absolute atomic E-state index is 0.287. The summed E-state index contributed by atoms with van der Waals surface area (Å²) in [5.74, 6) is 0.813. The molecule has 3 aromatic carbocycles. The Labute approximate surface area is 176 Å². The average Bonchev–Trinajstić information content (AvgIpc) is 2.80. The van der Waals surface area contributed by atoms with Gasteiger partial charge in [-0.1, -0.05) is 18.2 Å². The van der Waals surface area contributed by atoms with Gasteiger partial charge in [-0.15, -0.1) is 0 Å². The maximum absolute atomic E-state index is 12.4. The lowest BCUT2D eigenvalue weighted by Gasteiger charge is -2.37. The third-order valence-electron chi connectivity index (χ3n) is 5.32. The largest absolute Gasteiger partial charge is 0.508 e. The summed E-state index contributed by atoms with van der Waals surface area (Å²) in [6.07, 6.45) is -0.420. The standard InChI is InChI=1S/C24H25N3O3/c1-25(24(29)30-23-5-3-2-4-6-23)19-7-9-20(10-8-19)26-15-17-27(18-16-26)21-11-13-22(28)14-12-21/h2-14,28H,15-18H2,1H3. The minimum Gasteiger partial charge on any atom is -0.508 e. The Hall–Kier alpha value is -3.67. The highest BCUT2D eigenvalue weighted by Gasteiger charge is 2.18. The normalized spacial score (nSPS) is 13.8. The number of aromatic hydroxyl groups is 1. The third kappa shape index (κ3) is 4.49. The van der Waals surface area contributed by atoms with Gasteiger partial charge >= 0.3 is 6.09 Å². The number of hydrogen-bond donors (Lipinski definition) is 1. The van der Waals surface area contributed by atoms with Crippen LogP contribution in [0, 0.1) is 0 Å². The van der Waals surface area contributed by atoms with Crippen molar-refractivity contribution in [1.82, 2.24) is 0 Å². The number of nitrogens with zero attached hydrogens (tertiary/aromatic N) is 3. The number of ether oxygens (including phenoxy) is 1. The zero-order valence-electron chi connectivity index (χ0n) is 16.9. The number of phenolic OH excluding ortho intramolecular Hbond substituents is 1. The maximum atomic E-state index is 12.4. The van der Waals surface area contributed by atoms with E-state index >= 15 is 0 Å². The molecule has 1 N–H and O–H groups in total. The van der Waals surface area contributed by atoms with E-state index in [-0.39, 0.29) is 5.75 Å². The number of piperazine rings is 1. The second-order valence-electron chi connectivity index (χ2n) is 7.25. The fraction of sp³-hybridized carbons (Fsp3) is 0.208. The van der Waals surface area contributed by atoms with Crippen molar-refractivity contribution < 1.29 is 14.6 Å². The van der Waals surface area contributed by atoms with Crippen LogP contribution in [0.1, 0.15) is 0 Å². The van der Waals surface area contributed by atoms with Gasteiger partial charge in [0.05, 0.1) is 0 Å². The molecule has 154 valence electrons. The van der Waals surface area contributed by atoms with E-state index < -0.39 is 6.09 Å². The Morgan fingerprint density at radius 1 is 0.800 bits per heavy atom. The van der Waals surface area contributed by atoms with Crippen LogP contribution in [0.2, 0.25) is 0 Å². The number of benzene rings is 3. The second-order valence-corrected chi connectivity index (χ2v) is 7.25. The number of carbonyl (C=O) groups is 1. The van der Waals surface area contributed by atoms with Gasteiger partial charge in [0.15, 0.2) is 0 Å². The van der Waals surface area contributed by atoms with Crippen LogP contribution in [0.25, 0.3) is 0 Å². The van der Waals surface area contributed by atoms with E-state index in [4.69, 9.17) is 4.74 Å². The SMILES string of the molecule is CN(C(=O)Oc1ccccc1)c1ccc(N2CCN(c3ccc(O)cc3)CC2)cc1. The van der Waals surface area contributed by atoms with E-state index in [9.17, 15) is 9.90 Å². The smallest absolute Gasteiger partial charge is 0.419 e. The van der Waals surface area contributed by atoms with E-state index in [0.717, 1.165) is 43.2 Å². The van der Waals surface area contributed by atoms with Crippen molar-refractivity contribution in [3.63, 3.8) is 0 Å². The highest BCUT2D eigenvalue weighted by Crippen LogP contribution is 2.25. The molecule has 1 amide bonds. The molecule has 30 heavy (non-hydrogen) atoms. The Bertz CT molecular complexity index is 967. The zero-order valence-corrected chi connectivity index (χ0v) is 16.9. The summed E-state index contributed by atoms with van der Waals surface area (Å²) in [5.41, 5.74) is 3.04. The van der Waals surface area contributed by atoms with Crippen molar-refractivity contribution in [3.8, 4) is 11.5 Å². The van der Waals surface area contributed by atoms with Crippen LogP contribution < -0.4 is 19.4 Å². The Balaban J connectivity index is 1.34. The lowest BCUT2D eigenvalue weighted by Crippen LogP contribution is -2.46. The number of phenols is 1. The minimum atomic E-state index is -0.420. The van der Waals surface area contributed by atoms with Gasteiger partial charge in [-0.05, 0) is 60.7 Å². The zero-order chi connectivity index (χ0) is 20.9. The molecule has 0 unspecified atom stereocenters. The van der Waals surface area contributed by atoms with E-state index in [1.807, 2.05) is 54.6 Å².